The number of hydrogen-bond donors (Lipinski definition) is 3. The Hall–Kier alpha value is -3.42. The topological polar surface area (TPSA) is 95.9 Å². The summed E-state index contributed by atoms with van der Waals surface area (Å²) in [5.74, 6) is 0.354. The molecule has 2 heterocycles. The Kier molecular flexibility index (Phi) is 9.14. The van der Waals surface area contributed by atoms with E-state index in [0.29, 0.717) is 11.4 Å². The molecule has 0 aliphatic rings. The number of hydrogen-bond acceptors (Lipinski definition) is 7. The molecular formula is C22H20N2O3S2. The molecule has 148 valence electrons. The first-order valence-corrected chi connectivity index (χ1v) is 10.2. The van der Waals surface area contributed by atoms with Crippen LogP contribution in [0.25, 0.3) is 0 Å². The van der Waals surface area contributed by atoms with E-state index in [1.54, 1.807) is 66.1 Å². The number of aldehydes is 1. The van der Waals surface area contributed by atoms with Gasteiger partial charge in [0.15, 0.2) is 6.29 Å². The third-order valence-electron chi connectivity index (χ3n) is 3.35. The lowest BCUT2D eigenvalue weighted by Gasteiger charge is -1.95. The molecule has 0 aliphatic carbocycles. The number of nitrogens with two attached hydrogens (primary N) is 1. The highest BCUT2D eigenvalue weighted by molar-refractivity contribution is 7.11. The summed E-state index contributed by atoms with van der Waals surface area (Å²) in [4.78, 5) is 15.9. The number of nitrogens with zero attached hydrogens (tertiary/aromatic N) is 1. The largest absolute Gasteiger partial charge is 0.506 e. The summed E-state index contributed by atoms with van der Waals surface area (Å²) in [5, 5.41) is 22.1. The smallest absolute Gasteiger partial charge is 0.159 e. The predicted octanol–water partition coefficient (Wildman–Crippen LogP) is 5.74. The van der Waals surface area contributed by atoms with Crippen molar-refractivity contribution in [1.82, 2.24) is 0 Å². The lowest BCUT2D eigenvalue weighted by atomic mass is 10.3. The maximum absolute atomic E-state index is 9.88. The van der Waals surface area contributed by atoms with Gasteiger partial charge >= 0.3 is 0 Å². The lowest BCUT2D eigenvalue weighted by molar-refractivity contribution is 0.112. The van der Waals surface area contributed by atoms with Crippen LogP contribution < -0.4 is 5.73 Å². The van der Waals surface area contributed by atoms with Crippen molar-refractivity contribution in [3.8, 4) is 11.5 Å². The van der Waals surface area contributed by atoms with Gasteiger partial charge in [-0.3, -0.25) is 9.79 Å². The average Bonchev–Trinajstić information content (AvgIpc) is 3.45. The Morgan fingerprint density at radius 2 is 1.34 bits per heavy atom. The summed E-state index contributed by atoms with van der Waals surface area (Å²) < 4.78 is 0. The molecular weight excluding hydrogens is 404 g/mol. The van der Waals surface area contributed by atoms with Crippen LogP contribution in [0.1, 0.15) is 14.5 Å². The van der Waals surface area contributed by atoms with Crippen molar-refractivity contribution in [2.75, 3.05) is 5.73 Å². The van der Waals surface area contributed by atoms with Crippen LogP contribution >= 0.6 is 22.7 Å². The van der Waals surface area contributed by atoms with E-state index in [9.17, 15) is 9.90 Å². The number of phenols is 2. The van der Waals surface area contributed by atoms with Gasteiger partial charge in [-0.2, -0.15) is 0 Å². The van der Waals surface area contributed by atoms with Crippen molar-refractivity contribution in [3.05, 3.63) is 93.3 Å². The van der Waals surface area contributed by atoms with Gasteiger partial charge in [-0.1, -0.05) is 36.4 Å². The first-order valence-electron chi connectivity index (χ1n) is 8.48. The fourth-order valence-electron chi connectivity index (χ4n) is 1.92. The molecule has 4 rings (SSSR count). The van der Waals surface area contributed by atoms with Gasteiger partial charge in [-0.15, -0.1) is 22.7 Å². The van der Waals surface area contributed by atoms with E-state index < -0.39 is 0 Å². The zero-order valence-electron chi connectivity index (χ0n) is 15.4. The number of thiophene rings is 2. The van der Waals surface area contributed by atoms with E-state index >= 15 is 0 Å². The molecule has 5 nitrogen and oxygen atoms in total. The number of para-hydroxylation sites is 4. The van der Waals surface area contributed by atoms with Crippen molar-refractivity contribution in [3.63, 3.8) is 0 Å². The Morgan fingerprint density at radius 1 is 0.759 bits per heavy atom. The summed E-state index contributed by atoms with van der Waals surface area (Å²) in [6.45, 7) is 0. The van der Waals surface area contributed by atoms with E-state index in [4.69, 9.17) is 10.8 Å². The highest BCUT2D eigenvalue weighted by atomic mass is 32.1. The molecule has 0 bridgehead atoms. The first-order chi connectivity index (χ1) is 14.1. The van der Waals surface area contributed by atoms with E-state index in [-0.39, 0.29) is 11.5 Å². The molecule has 7 heteroatoms. The molecule has 0 radical (unpaired) electrons. The molecule has 29 heavy (non-hydrogen) atoms. The summed E-state index contributed by atoms with van der Waals surface area (Å²) in [7, 11) is 0. The van der Waals surface area contributed by atoms with Crippen molar-refractivity contribution in [2.24, 2.45) is 4.99 Å². The molecule has 0 spiro atoms. The van der Waals surface area contributed by atoms with Gasteiger partial charge < -0.3 is 15.9 Å². The van der Waals surface area contributed by atoms with Crippen molar-refractivity contribution in [1.29, 1.82) is 0 Å². The summed E-state index contributed by atoms with van der Waals surface area (Å²) >= 11 is 3.07. The van der Waals surface area contributed by atoms with Crippen LogP contribution in [0.3, 0.4) is 0 Å². The zero-order chi connectivity index (χ0) is 20.9. The van der Waals surface area contributed by atoms with Gasteiger partial charge in [0.05, 0.1) is 10.6 Å². The Bertz CT molecular complexity index is 993. The SMILES string of the molecule is Nc1ccccc1O.O=Cc1cccs1.Oc1ccccc1N=Cc1cccs1. The number of nitrogen functional groups attached to an aromatic ring is 1. The second-order valence-electron chi connectivity index (χ2n) is 5.45. The summed E-state index contributed by atoms with van der Waals surface area (Å²) in [6, 6.07) is 21.3. The lowest BCUT2D eigenvalue weighted by Crippen LogP contribution is -1.82. The number of carbonyl (C=O) groups excluding carboxylic acids is 1. The molecule has 2 aromatic carbocycles. The first kappa shape index (κ1) is 21.9. The molecule has 0 amide bonds. The molecule has 4 aromatic rings. The Balaban J connectivity index is 0.000000170. The van der Waals surface area contributed by atoms with Crippen LogP contribution in [-0.2, 0) is 0 Å². The molecule has 2 aromatic heterocycles. The molecule has 0 aliphatic heterocycles. The number of aromatic hydroxyl groups is 2. The van der Waals surface area contributed by atoms with E-state index in [1.807, 2.05) is 35.0 Å². The number of carbonyl (C=O) groups is 1. The molecule has 0 saturated heterocycles. The fraction of sp³-hybridized carbons (Fsp3) is 0. The molecule has 0 saturated carbocycles. The number of phenolic OH excluding ortho intramolecular Hbond substituents is 2. The molecule has 0 unspecified atom stereocenters. The summed E-state index contributed by atoms with van der Waals surface area (Å²) in [6.07, 6.45) is 2.60. The van der Waals surface area contributed by atoms with Gasteiger partial charge in [0.1, 0.15) is 17.2 Å². The maximum atomic E-state index is 9.88. The van der Waals surface area contributed by atoms with Crippen LogP contribution in [0.5, 0.6) is 11.5 Å². The number of aliphatic imine (C=N–C) groups is 1. The number of benzene rings is 2. The van der Waals surface area contributed by atoms with Crippen molar-refractivity contribution in [2.45, 2.75) is 0 Å². The second kappa shape index (κ2) is 12.1. The minimum Gasteiger partial charge on any atom is -0.506 e. The fourth-order valence-corrected chi connectivity index (χ4v) is 3.03. The predicted molar refractivity (Wildman–Crippen MR) is 122 cm³/mol. The van der Waals surface area contributed by atoms with E-state index in [2.05, 4.69) is 4.99 Å². The Labute approximate surface area is 177 Å². The quantitative estimate of drug-likeness (QED) is 0.169. The third-order valence-corrected chi connectivity index (χ3v) is 4.96. The van der Waals surface area contributed by atoms with Gasteiger partial charge in [-0.25, -0.2) is 0 Å². The van der Waals surface area contributed by atoms with Crippen molar-refractivity contribution < 1.29 is 15.0 Å². The minimum absolute atomic E-state index is 0.146. The summed E-state index contributed by atoms with van der Waals surface area (Å²) in [5.41, 5.74) is 6.29. The van der Waals surface area contributed by atoms with E-state index in [0.717, 1.165) is 16.0 Å². The number of rotatable bonds is 3. The standard InChI is InChI=1S/C11H9NOS.C6H7NO.C5H4OS/c13-11-6-2-1-5-10(11)12-8-9-4-3-7-14-9;7-5-3-1-2-4-6(5)8;6-4-5-2-1-3-7-5/h1-8,13H;1-4,8H,7H2;1-4H. The van der Waals surface area contributed by atoms with Crippen LogP contribution in [0, 0.1) is 0 Å². The van der Waals surface area contributed by atoms with Gasteiger partial charge in [0.25, 0.3) is 0 Å². The third kappa shape index (κ3) is 8.00. The van der Waals surface area contributed by atoms with Crippen LogP contribution in [-0.4, -0.2) is 22.7 Å². The maximum Gasteiger partial charge on any atom is 0.159 e. The zero-order valence-corrected chi connectivity index (χ0v) is 17.0. The minimum atomic E-state index is 0.146. The van der Waals surface area contributed by atoms with Crippen LogP contribution in [0.15, 0.2) is 88.5 Å². The van der Waals surface area contributed by atoms with Crippen LogP contribution in [0.2, 0.25) is 0 Å². The molecule has 0 atom stereocenters. The Morgan fingerprint density at radius 3 is 1.79 bits per heavy atom. The molecule has 4 N–H and O–H groups in total. The van der Waals surface area contributed by atoms with Gasteiger partial charge in [0.2, 0.25) is 0 Å². The highest BCUT2D eigenvalue weighted by Crippen LogP contribution is 2.24. The van der Waals surface area contributed by atoms with Crippen molar-refractivity contribution >= 4 is 46.5 Å². The monoisotopic (exact) mass is 424 g/mol. The second-order valence-corrected chi connectivity index (χ2v) is 7.41. The average molecular weight is 425 g/mol. The van der Waals surface area contributed by atoms with Crippen LogP contribution in [0.4, 0.5) is 11.4 Å². The van der Waals surface area contributed by atoms with Gasteiger partial charge in [-0.05, 0) is 47.2 Å². The highest BCUT2D eigenvalue weighted by Gasteiger charge is 1.95. The number of anilines is 1. The molecule has 0 fully saturated rings. The normalized spacial score (nSPS) is 9.79. The van der Waals surface area contributed by atoms with Gasteiger partial charge in [0, 0.05) is 11.1 Å². The van der Waals surface area contributed by atoms with E-state index in [1.165, 1.54) is 11.3 Å².